The summed E-state index contributed by atoms with van der Waals surface area (Å²) in [7, 11) is 1.35. The van der Waals surface area contributed by atoms with Crippen LogP contribution in [0, 0.1) is 6.92 Å². The van der Waals surface area contributed by atoms with Gasteiger partial charge in [0.15, 0.2) is 0 Å². The van der Waals surface area contributed by atoms with Crippen LogP contribution in [0.3, 0.4) is 0 Å². The molecule has 4 N–H and O–H groups in total. The lowest BCUT2D eigenvalue weighted by atomic mass is 9.93. The van der Waals surface area contributed by atoms with Crippen LogP contribution in [0.5, 0.6) is 0 Å². The fraction of sp³-hybridized carbons (Fsp3) is 0.556. The minimum absolute atomic E-state index is 0.0308. The molecule has 0 saturated carbocycles. The van der Waals surface area contributed by atoms with Gasteiger partial charge in [0.2, 0.25) is 11.9 Å². The predicted molar refractivity (Wildman–Crippen MR) is 104 cm³/mol. The first-order chi connectivity index (χ1) is 13.5. The molecule has 1 amide bonds. The predicted octanol–water partition coefficient (Wildman–Crippen LogP) is 3.57. The Bertz CT molecular complexity index is 866. The van der Waals surface area contributed by atoms with Crippen molar-refractivity contribution in [2.24, 2.45) is 5.73 Å². The smallest absolute Gasteiger partial charge is 0.372 e. The molecule has 2 heterocycles. The minimum atomic E-state index is -4.57. The van der Waals surface area contributed by atoms with E-state index in [0.717, 1.165) is 19.3 Å². The third-order valence-corrected chi connectivity index (χ3v) is 4.85. The van der Waals surface area contributed by atoms with E-state index in [1.807, 2.05) is 0 Å². The number of amides is 1. The van der Waals surface area contributed by atoms with Crippen molar-refractivity contribution in [1.29, 1.82) is 0 Å². The Kier molecular flexibility index (Phi) is 6.70. The van der Waals surface area contributed by atoms with Gasteiger partial charge in [0.25, 0.3) is 0 Å². The molecule has 0 saturated heterocycles. The van der Waals surface area contributed by atoms with Crippen molar-refractivity contribution in [1.82, 2.24) is 19.7 Å². The standard InChI is InChI=1S/C18H26F3N7O/c1-5-6-7-8-17(3,15(22)29)28-11(2)13(10-25-28)26-16-24-9-12(18(19,20)21)14(23-4)27-16/h9-10H,5-8H2,1-4H3,(H2,22,29)(H2,23,24,26,27). The third kappa shape index (κ3) is 4.77. The second kappa shape index (κ2) is 8.66. The molecule has 2 aromatic heterocycles. The molecule has 0 aliphatic heterocycles. The third-order valence-electron chi connectivity index (χ3n) is 4.85. The molecule has 11 heteroatoms. The highest BCUT2D eigenvalue weighted by molar-refractivity contribution is 5.82. The molecule has 2 rings (SSSR count). The van der Waals surface area contributed by atoms with Crippen LogP contribution in [0.2, 0.25) is 0 Å². The molecular formula is C18H26F3N7O. The number of primary amides is 1. The summed E-state index contributed by atoms with van der Waals surface area (Å²) < 4.78 is 40.5. The van der Waals surface area contributed by atoms with Gasteiger partial charge in [0, 0.05) is 13.2 Å². The molecule has 2 aromatic rings. The van der Waals surface area contributed by atoms with E-state index in [2.05, 4.69) is 32.6 Å². The van der Waals surface area contributed by atoms with E-state index in [1.165, 1.54) is 17.9 Å². The molecule has 0 aromatic carbocycles. The highest BCUT2D eigenvalue weighted by Gasteiger charge is 2.36. The first kappa shape index (κ1) is 22.4. The fourth-order valence-electron chi connectivity index (χ4n) is 3.04. The number of nitrogens with zero attached hydrogens (tertiary/aromatic N) is 4. The van der Waals surface area contributed by atoms with Crippen LogP contribution in [0.15, 0.2) is 12.4 Å². The molecule has 8 nitrogen and oxygen atoms in total. The van der Waals surface area contributed by atoms with Crippen molar-refractivity contribution in [3.8, 4) is 0 Å². The molecule has 1 unspecified atom stereocenters. The SMILES string of the molecule is CCCCCC(C)(C(N)=O)n1ncc(Nc2ncc(C(F)(F)F)c(NC)n2)c1C. The molecule has 29 heavy (non-hydrogen) atoms. The Hall–Kier alpha value is -2.85. The molecule has 0 radical (unpaired) electrons. The number of halogens is 3. The maximum Gasteiger partial charge on any atom is 0.421 e. The highest BCUT2D eigenvalue weighted by Crippen LogP contribution is 2.34. The van der Waals surface area contributed by atoms with Gasteiger partial charge in [-0.15, -0.1) is 0 Å². The Labute approximate surface area is 167 Å². The van der Waals surface area contributed by atoms with Gasteiger partial charge in [-0.3, -0.25) is 9.48 Å². The quantitative estimate of drug-likeness (QED) is 0.542. The lowest BCUT2D eigenvalue weighted by molar-refractivity contribution is -0.137. The molecular weight excluding hydrogens is 387 g/mol. The number of carbonyl (C=O) groups excluding carboxylic acids is 1. The largest absolute Gasteiger partial charge is 0.421 e. The zero-order valence-corrected chi connectivity index (χ0v) is 16.9. The number of nitrogens with one attached hydrogen (secondary N) is 2. The molecule has 0 aliphatic carbocycles. The number of hydrogen-bond donors (Lipinski definition) is 3. The molecule has 0 bridgehead atoms. The Balaban J connectivity index is 2.32. The van der Waals surface area contributed by atoms with Crippen LogP contribution < -0.4 is 16.4 Å². The summed E-state index contributed by atoms with van der Waals surface area (Å²) in [6.45, 7) is 5.52. The van der Waals surface area contributed by atoms with Crippen LogP contribution in [-0.2, 0) is 16.5 Å². The normalized spacial score (nSPS) is 13.8. The van der Waals surface area contributed by atoms with Gasteiger partial charge in [-0.05, 0) is 20.3 Å². The topological polar surface area (TPSA) is 111 Å². The number of unbranched alkanes of at least 4 members (excludes halogenated alkanes) is 2. The molecule has 160 valence electrons. The number of carbonyl (C=O) groups is 1. The van der Waals surface area contributed by atoms with E-state index in [0.29, 0.717) is 24.0 Å². The van der Waals surface area contributed by atoms with Gasteiger partial charge in [-0.1, -0.05) is 26.2 Å². The zero-order chi connectivity index (χ0) is 21.8. The first-order valence-corrected chi connectivity index (χ1v) is 9.28. The fourth-order valence-corrected chi connectivity index (χ4v) is 3.04. The van der Waals surface area contributed by atoms with Crippen molar-refractivity contribution in [2.75, 3.05) is 17.7 Å². The molecule has 0 spiro atoms. The molecule has 1 atom stereocenters. The van der Waals surface area contributed by atoms with E-state index in [-0.39, 0.29) is 11.8 Å². The number of anilines is 3. The summed E-state index contributed by atoms with van der Waals surface area (Å²) in [6, 6.07) is 0. The maximum atomic E-state index is 13.0. The van der Waals surface area contributed by atoms with Crippen LogP contribution in [0.1, 0.15) is 50.8 Å². The van der Waals surface area contributed by atoms with Gasteiger partial charge in [-0.2, -0.15) is 23.3 Å². The average molecular weight is 413 g/mol. The van der Waals surface area contributed by atoms with Crippen molar-refractivity contribution < 1.29 is 18.0 Å². The van der Waals surface area contributed by atoms with Gasteiger partial charge in [0.05, 0.1) is 17.6 Å². The summed E-state index contributed by atoms with van der Waals surface area (Å²) in [6.07, 6.45) is 0.902. The summed E-state index contributed by atoms with van der Waals surface area (Å²) in [5.74, 6) is -0.882. The minimum Gasteiger partial charge on any atom is -0.372 e. The van der Waals surface area contributed by atoms with Gasteiger partial charge >= 0.3 is 6.18 Å². The number of aromatic nitrogens is 4. The van der Waals surface area contributed by atoms with Crippen molar-refractivity contribution in [3.05, 3.63) is 23.7 Å². The second-order valence-electron chi connectivity index (χ2n) is 6.98. The van der Waals surface area contributed by atoms with Crippen LogP contribution in [0.4, 0.5) is 30.6 Å². The number of hydrogen-bond acceptors (Lipinski definition) is 6. The first-order valence-electron chi connectivity index (χ1n) is 9.28. The van der Waals surface area contributed by atoms with E-state index in [9.17, 15) is 18.0 Å². The van der Waals surface area contributed by atoms with Crippen molar-refractivity contribution in [3.63, 3.8) is 0 Å². The summed E-state index contributed by atoms with van der Waals surface area (Å²) >= 11 is 0. The van der Waals surface area contributed by atoms with Crippen molar-refractivity contribution in [2.45, 2.75) is 58.2 Å². The number of nitrogens with two attached hydrogens (primary N) is 1. The van der Waals surface area contributed by atoms with Gasteiger partial charge in [-0.25, -0.2) is 4.98 Å². The number of rotatable bonds is 9. The summed E-state index contributed by atoms with van der Waals surface area (Å²) in [5.41, 5.74) is 4.73. The van der Waals surface area contributed by atoms with E-state index in [1.54, 1.807) is 13.8 Å². The number of alkyl halides is 3. The van der Waals surface area contributed by atoms with Gasteiger partial charge < -0.3 is 16.4 Å². The van der Waals surface area contributed by atoms with Crippen molar-refractivity contribution >= 4 is 23.4 Å². The Morgan fingerprint density at radius 1 is 1.28 bits per heavy atom. The van der Waals surface area contributed by atoms with Gasteiger partial charge in [0.1, 0.15) is 16.9 Å². The average Bonchev–Trinajstić information content (AvgIpc) is 3.01. The highest BCUT2D eigenvalue weighted by atomic mass is 19.4. The molecule has 0 aliphatic rings. The van der Waals surface area contributed by atoms with E-state index >= 15 is 0 Å². The van der Waals surface area contributed by atoms with E-state index in [4.69, 9.17) is 5.73 Å². The van der Waals surface area contributed by atoms with Crippen LogP contribution >= 0.6 is 0 Å². The lowest BCUT2D eigenvalue weighted by Crippen LogP contribution is -2.45. The second-order valence-corrected chi connectivity index (χ2v) is 6.98. The van der Waals surface area contributed by atoms with Crippen LogP contribution in [0.25, 0.3) is 0 Å². The Morgan fingerprint density at radius 3 is 2.52 bits per heavy atom. The lowest BCUT2D eigenvalue weighted by Gasteiger charge is -2.28. The molecule has 0 fully saturated rings. The monoisotopic (exact) mass is 413 g/mol. The van der Waals surface area contributed by atoms with Crippen LogP contribution in [-0.4, -0.2) is 32.7 Å². The zero-order valence-electron chi connectivity index (χ0n) is 16.9. The maximum absolute atomic E-state index is 13.0. The van der Waals surface area contributed by atoms with E-state index < -0.39 is 23.2 Å². The summed E-state index contributed by atoms with van der Waals surface area (Å²) in [4.78, 5) is 19.8. The Morgan fingerprint density at radius 2 is 1.97 bits per heavy atom. The summed E-state index contributed by atoms with van der Waals surface area (Å²) in [5, 5.41) is 9.57.